The highest BCUT2D eigenvalue weighted by Gasteiger charge is 2.22. The smallest absolute Gasteiger partial charge is 0.279 e. The van der Waals surface area contributed by atoms with E-state index in [1.165, 1.54) is 4.57 Å². The van der Waals surface area contributed by atoms with Crippen LogP contribution in [0.3, 0.4) is 0 Å². The van der Waals surface area contributed by atoms with Crippen molar-refractivity contribution in [3.8, 4) is 5.75 Å². The minimum atomic E-state index is -0.857. The van der Waals surface area contributed by atoms with E-state index in [1.54, 1.807) is 36.4 Å². The zero-order chi connectivity index (χ0) is 20.8. The van der Waals surface area contributed by atoms with E-state index in [1.807, 2.05) is 25.1 Å². The second-order valence-corrected chi connectivity index (χ2v) is 6.72. The summed E-state index contributed by atoms with van der Waals surface area (Å²) in [7, 11) is 0. The maximum atomic E-state index is 12.9. The van der Waals surface area contributed by atoms with Crippen LogP contribution in [0, 0.1) is 0 Å². The third-order valence-corrected chi connectivity index (χ3v) is 4.63. The number of aryl methyl sites for hydroxylation is 1. The number of benzene rings is 2. The molecule has 0 atom stereocenters. The van der Waals surface area contributed by atoms with Crippen LogP contribution in [0.25, 0.3) is 10.9 Å². The number of aromatic hydroxyl groups is 1. The van der Waals surface area contributed by atoms with Crippen LogP contribution in [0.2, 0.25) is 0 Å². The predicted octanol–water partition coefficient (Wildman–Crippen LogP) is 2.51. The fraction of sp³-hybridized carbons (Fsp3) is 0.227. The monoisotopic (exact) mass is 393 g/mol. The number of carbonyl (C=O) groups excluding carboxylic acids is 2. The van der Waals surface area contributed by atoms with Crippen molar-refractivity contribution in [3.05, 3.63) is 76.1 Å². The number of hydrazine groups is 1. The van der Waals surface area contributed by atoms with E-state index in [9.17, 15) is 19.5 Å². The molecular formula is C22H23N3O4. The molecule has 0 aliphatic carbocycles. The van der Waals surface area contributed by atoms with E-state index >= 15 is 0 Å². The van der Waals surface area contributed by atoms with Gasteiger partial charge in [0.05, 0.1) is 11.9 Å². The van der Waals surface area contributed by atoms with Gasteiger partial charge in [-0.25, -0.2) is 0 Å². The van der Waals surface area contributed by atoms with E-state index in [0.29, 0.717) is 17.4 Å². The van der Waals surface area contributed by atoms with E-state index in [4.69, 9.17) is 0 Å². The van der Waals surface area contributed by atoms with Crippen LogP contribution in [0.15, 0.2) is 59.4 Å². The molecule has 0 aliphatic rings. The zero-order valence-corrected chi connectivity index (χ0v) is 16.1. The van der Waals surface area contributed by atoms with Crippen molar-refractivity contribution in [1.82, 2.24) is 15.4 Å². The average molecular weight is 393 g/mol. The van der Waals surface area contributed by atoms with Crippen LogP contribution in [-0.2, 0) is 17.8 Å². The number of nitrogens with one attached hydrogen (secondary N) is 2. The van der Waals surface area contributed by atoms with E-state index in [2.05, 4.69) is 10.9 Å². The Morgan fingerprint density at radius 1 is 1.00 bits per heavy atom. The van der Waals surface area contributed by atoms with Gasteiger partial charge in [-0.3, -0.25) is 25.2 Å². The second kappa shape index (κ2) is 9.05. The highest BCUT2D eigenvalue weighted by molar-refractivity contribution is 6.02. The van der Waals surface area contributed by atoms with Gasteiger partial charge in [0.25, 0.3) is 11.5 Å². The van der Waals surface area contributed by atoms with Gasteiger partial charge in [0.2, 0.25) is 5.91 Å². The first-order valence-corrected chi connectivity index (χ1v) is 9.50. The number of unbranched alkanes of at least 4 members (excludes halogenated alkanes) is 1. The Kier molecular flexibility index (Phi) is 6.29. The molecule has 29 heavy (non-hydrogen) atoms. The summed E-state index contributed by atoms with van der Waals surface area (Å²) in [4.78, 5) is 37.6. The zero-order valence-electron chi connectivity index (χ0n) is 16.1. The summed E-state index contributed by atoms with van der Waals surface area (Å²) in [5.74, 6) is -1.69. The van der Waals surface area contributed by atoms with Crippen LogP contribution in [0.1, 0.15) is 35.7 Å². The number of para-hydroxylation sites is 1. The number of amides is 2. The van der Waals surface area contributed by atoms with Crippen molar-refractivity contribution >= 4 is 22.7 Å². The summed E-state index contributed by atoms with van der Waals surface area (Å²) >= 11 is 0. The van der Waals surface area contributed by atoms with Gasteiger partial charge in [-0.1, -0.05) is 55.8 Å². The van der Waals surface area contributed by atoms with Crippen molar-refractivity contribution in [2.45, 2.75) is 32.7 Å². The molecule has 2 aromatic carbocycles. The standard InChI is InChI=1S/C22H23N3O4/c1-2-3-13-25-17-12-8-7-11-16(17)20(27)19(22(25)29)21(28)24-23-18(26)14-15-9-5-4-6-10-15/h4-12,27H,2-3,13-14H2,1H3,(H,23,26)(H,24,28). The van der Waals surface area contributed by atoms with Gasteiger partial charge in [-0.15, -0.1) is 0 Å². The molecule has 0 spiro atoms. The lowest BCUT2D eigenvalue weighted by Gasteiger charge is -2.15. The number of nitrogens with zero attached hydrogens (tertiary/aromatic N) is 1. The maximum absolute atomic E-state index is 12.9. The largest absolute Gasteiger partial charge is 0.506 e. The Hall–Kier alpha value is -3.61. The molecule has 1 aromatic heterocycles. The Labute approximate surface area is 168 Å². The van der Waals surface area contributed by atoms with Gasteiger partial charge in [0.1, 0.15) is 11.3 Å². The summed E-state index contributed by atoms with van der Waals surface area (Å²) in [5.41, 5.74) is 4.90. The molecular weight excluding hydrogens is 370 g/mol. The van der Waals surface area contributed by atoms with Crippen molar-refractivity contribution in [2.75, 3.05) is 0 Å². The lowest BCUT2D eigenvalue weighted by atomic mass is 10.1. The number of aromatic nitrogens is 1. The Morgan fingerprint density at radius 2 is 1.69 bits per heavy atom. The van der Waals surface area contributed by atoms with Gasteiger partial charge in [0.15, 0.2) is 0 Å². The molecule has 7 heteroatoms. The van der Waals surface area contributed by atoms with Crippen LogP contribution >= 0.6 is 0 Å². The normalized spacial score (nSPS) is 10.7. The Morgan fingerprint density at radius 3 is 2.41 bits per heavy atom. The molecule has 0 unspecified atom stereocenters. The summed E-state index contributed by atoms with van der Waals surface area (Å²) in [6.45, 7) is 2.43. The Bertz CT molecular complexity index is 1090. The molecule has 3 N–H and O–H groups in total. The van der Waals surface area contributed by atoms with E-state index in [0.717, 1.165) is 18.4 Å². The van der Waals surface area contributed by atoms with Crippen LogP contribution in [-0.4, -0.2) is 21.5 Å². The van der Waals surface area contributed by atoms with Crippen molar-refractivity contribution < 1.29 is 14.7 Å². The van der Waals surface area contributed by atoms with Gasteiger partial charge < -0.3 is 9.67 Å². The lowest BCUT2D eigenvalue weighted by Crippen LogP contribution is -2.44. The van der Waals surface area contributed by atoms with E-state index < -0.39 is 23.1 Å². The fourth-order valence-electron chi connectivity index (χ4n) is 3.15. The highest BCUT2D eigenvalue weighted by atomic mass is 16.3. The van der Waals surface area contributed by atoms with Crippen molar-refractivity contribution in [2.24, 2.45) is 0 Å². The number of pyridine rings is 1. The SMILES string of the molecule is CCCCn1c(=O)c(C(=O)NNC(=O)Cc2ccccc2)c(O)c2ccccc21. The van der Waals surface area contributed by atoms with Crippen LogP contribution in [0.4, 0.5) is 0 Å². The summed E-state index contributed by atoms with van der Waals surface area (Å²) in [6.07, 6.45) is 1.70. The summed E-state index contributed by atoms with van der Waals surface area (Å²) in [6, 6.07) is 15.9. The molecule has 7 nitrogen and oxygen atoms in total. The maximum Gasteiger partial charge on any atom is 0.279 e. The number of rotatable bonds is 6. The van der Waals surface area contributed by atoms with Gasteiger partial charge in [0, 0.05) is 11.9 Å². The second-order valence-electron chi connectivity index (χ2n) is 6.72. The topological polar surface area (TPSA) is 100 Å². The minimum Gasteiger partial charge on any atom is -0.506 e. The summed E-state index contributed by atoms with van der Waals surface area (Å²) < 4.78 is 1.49. The first-order valence-electron chi connectivity index (χ1n) is 9.50. The number of carbonyl (C=O) groups is 2. The third kappa shape index (κ3) is 4.45. The molecule has 0 saturated carbocycles. The molecule has 3 aromatic rings. The van der Waals surface area contributed by atoms with Gasteiger partial charge in [-0.05, 0) is 24.1 Å². The molecule has 1 heterocycles. The van der Waals surface area contributed by atoms with Crippen molar-refractivity contribution in [3.63, 3.8) is 0 Å². The molecule has 3 rings (SSSR count). The molecule has 0 bridgehead atoms. The van der Waals surface area contributed by atoms with Crippen LogP contribution < -0.4 is 16.4 Å². The quantitative estimate of drug-likeness (QED) is 0.560. The molecule has 0 saturated heterocycles. The van der Waals surface area contributed by atoms with Gasteiger partial charge in [-0.2, -0.15) is 0 Å². The van der Waals surface area contributed by atoms with Crippen LogP contribution in [0.5, 0.6) is 5.75 Å². The van der Waals surface area contributed by atoms with Gasteiger partial charge >= 0.3 is 0 Å². The number of hydrogen-bond acceptors (Lipinski definition) is 4. The third-order valence-electron chi connectivity index (χ3n) is 4.63. The Balaban J connectivity index is 1.85. The molecule has 150 valence electrons. The molecule has 0 radical (unpaired) electrons. The van der Waals surface area contributed by atoms with E-state index in [-0.39, 0.29) is 12.0 Å². The first-order chi connectivity index (χ1) is 14.0. The fourth-order valence-corrected chi connectivity index (χ4v) is 3.15. The number of hydrogen-bond donors (Lipinski definition) is 3. The van der Waals surface area contributed by atoms with Crippen molar-refractivity contribution in [1.29, 1.82) is 0 Å². The predicted molar refractivity (Wildman–Crippen MR) is 111 cm³/mol. The lowest BCUT2D eigenvalue weighted by molar-refractivity contribution is -0.121. The highest BCUT2D eigenvalue weighted by Crippen LogP contribution is 2.26. The number of fused-ring (bicyclic) bond motifs is 1. The average Bonchev–Trinajstić information content (AvgIpc) is 2.73. The molecule has 0 fully saturated rings. The molecule has 0 aliphatic heterocycles. The molecule has 2 amide bonds. The summed E-state index contributed by atoms with van der Waals surface area (Å²) in [5, 5.41) is 11.0. The first kappa shape index (κ1) is 20.1. The minimum absolute atomic E-state index is 0.0750.